The summed E-state index contributed by atoms with van der Waals surface area (Å²) in [7, 11) is 1.25. The van der Waals surface area contributed by atoms with Gasteiger partial charge in [0.05, 0.1) is 18.1 Å². The van der Waals surface area contributed by atoms with E-state index in [1.807, 2.05) is 6.07 Å². The summed E-state index contributed by atoms with van der Waals surface area (Å²) in [6.07, 6.45) is 1.65. The van der Waals surface area contributed by atoms with Crippen LogP contribution in [0.4, 0.5) is 5.69 Å². The number of fused-ring (bicyclic) bond motifs is 1. The van der Waals surface area contributed by atoms with Crippen molar-refractivity contribution in [1.82, 2.24) is 4.57 Å². The van der Waals surface area contributed by atoms with Gasteiger partial charge in [-0.3, -0.25) is 9.36 Å². The Morgan fingerprint density at radius 2 is 1.84 bits per heavy atom. The van der Waals surface area contributed by atoms with Crippen LogP contribution in [-0.4, -0.2) is 23.6 Å². The molecular weight excluding hydrogens is 469 g/mol. The van der Waals surface area contributed by atoms with Gasteiger partial charge in [-0.15, -0.1) is 0 Å². The van der Waals surface area contributed by atoms with Gasteiger partial charge in [0.1, 0.15) is 16.2 Å². The van der Waals surface area contributed by atoms with Crippen LogP contribution in [-0.2, 0) is 9.53 Å². The van der Waals surface area contributed by atoms with Crippen LogP contribution in [0.2, 0.25) is 10.0 Å². The lowest BCUT2D eigenvalue weighted by molar-refractivity contribution is -0.133. The van der Waals surface area contributed by atoms with Gasteiger partial charge in [0.25, 0.3) is 0 Å². The maximum absolute atomic E-state index is 13.6. The van der Waals surface area contributed by atoms with Gasteiger partial charge in [0.15, 0.2) is 5.69 Å². The van der Waals surface area contributed by atoms with Crippen LogP contribution in [0.15, 0.2) is 48.5 Å². The molecule has 6 nitrogen and oxygen atoms in total. The van der Waals surface area contributed by atoms with Gasteiger partial charge in [-0.25, -0.2) is 4.79 Å². The number of hydrogen-bond donors (Lipinski definition) is 1. The first-order valence-corrected chi connectivity index (χ1v) is 11.0. The Kier molecular flexibility index (Phi) is 6.02. The van der Waals surface area contributed by atoms with E-state index in [1.165, 1.54) is 11.7 Å². The zero-order valence-corrected chi connectivity index (χ0v) is 19.0. The molecule has 32 heavy (non-hydrogen) atoms. The number of ether oxygens (including phenoxy) is 1. The molecule has 3 aromatic rings. The molecule has 160 valence electrons. The van der Waals surface area contributed by atoms with Crippen molar-refractivity contribution < 1.29 is 14.3 Å². The van der Waals surface area contributed by atoms with Gasteiger partial charge in [0.2, 0.25) is 5.91 Å². The molecule has 2 aromatic carbocycles. The van der Waals surface area contributed by atoms with Crippen LogP contribution in [0.3, 0.4) is 0 Å². The van der Waals surface area contributed by atoms with E-state index in [4.69, 9.17) is 33.7 Å². The van der Waals surface area contributed by atoms with Crippen molar-refractivity contribution in [3.05, 3.63) is 86.0 Å². The third kappa shape index (κ3) is 3.56. The number of nitrogens with zero attached hydrogens (tertiary/aromatic N) is 2. The van der Waals surface area contributed by atoms with Gasteiger partial charge >= 0.3 is 5.97 Å². The van der Waals surface area contributed by atoms with Crippen molar-refractivity contribution in [2.45, 2.75) is 5.25 Å². The fourth-order valence-corrected chi connectivity index (χ4v) is 5.29. The first kappa shape index (κ1) is 22.0. The van der Waals surface area contributed by atoms with Gasteiger partial charge in [-0.2, -0.15) is 5.26 Å². The third-order valence-electron chi connectivity index (χ3n) is 5.01. The van der Waals surface area contributed by atoms with E-state index in [1.54, 1.807) is 54.6 Å². The monoisotopic (exact) mass is 483 g/mol. The van der Waals surface area contributed by atoms with Crippen molar-refractivity contribution in [3.8, 4) is 6.07 Å². The number of carbonyl (C=O) groups is 2. The molecule has 0 amide bonds. The first-order valence-electron chi connectivity index (χ1n) is 9.33. The average Bonchev–Trinajstić information content (AvgIpc) is 3.07. The van der Waals surface area contributed by atoms with Crippen LogP contribution in [0.25, 0.3) is 11.0 Å². The number of esters is 1. The molecule has 0 unspecified atom stereocenters. The summed E-state index contributed by atoms with van der Waals surface area (Å²) in [6, 6.07) is 15.9. The molecule has 0 saturated heterocycles. The summed E-state index contributed by atoms with van der Waals surface area (Å²) in [5.41, 5.74) is 7.44. The zero-order chi connectivity index (χ0) is 23.0. The number of halogens is 2. The number of carbonyl (C=O) groups excluding carboxylic acids is 2. The van der Waals surface area contributed by atoms with Crippen LogP contribution >= 0.6 is 35.0 Å². The second-order valence-electron chi connectivity index (χ2n) is 6.82. The molecule has 1 atom stereocenters. The smallest absolute Gasteiger partial charge is 0.346 e. The summed E-state index contributed by atoms with van der Waals surface area (Å²) >= 11 is 13.6. The van der Waals surface area contributed by atoms with Gasteiger partial charge < -0.3 is 10.5 Å². The van der Waals surface area contributed by atoms with E-state index in [9.17, 15) is 14.9 Å². The minimum atomic E-state index is -0.864. The quantitative estimate of drug-likeness (QED) is 0.572. The summed E-state index contributed by atoms with van der Waals surface area (Å²) in [5, 5.41) is 10.3. The standard InChI is InChI=1S/C23H15Cl2N3O3S/c1-31-23(30)21-19-14(10-12-6-2-4-8-15(12)24)18(27)17(11-26)28(19)22(29)20(32-21)13-7-3-5-9-16(13)25/h2-10,20H,27H2,1H3/b14-10+/t20-/m0/s1. The SMILES string of the molecule is COC(=O)C1=c2/c(=C/c3ccccc3Cl)c(N)c(C#N)n2C(=O)[C@H](c2ccccc2Cl)S1. The lowest BCUT2D eigenvalue weighted by Gasteiger charge is -2.23. The van der Waals surface area contributed by atoms with Crippen LogP contribution in [0.5, 0.6) is 0 Å². The molecule has 1 aliphatic heterocycles. The first-order chi connectivity index (χ1) is 15.4. The Morgan fingerprint density at radius 1 is 1.19 bits per heavy atom. The second-order valence-corrected chi connectivity index (χ2v) is 8.75. The Labute approximate surface area is 197 Å². The molecule has 0 aliphatic carbocycles. The number of nitriles is 1. The summed E-state index contributed by atoms with van der Waals surface area (Å²) in [5.74, 6) is -1.09. The van der Waals surface area contributed by atoms with E-state index >= 15 is 0 Å². The fraction of sp³-hybridized carbons (Fsp3) is 0.0870. The lowest BCUT2D eigenvalue weighted by atomic mass is 10.1. The van der Waals surface area contributed by atoms with Gasteiger partial charge in [0, 0.05) is 15.3 Å². The number of thioether (sulfide) groups is 1. The molecule has 2 heterocycles. The normalized spacial score (nSPS) is 15.9. The van der Waals surface area contributed by atoms with Crippen molar-refractivity contribution in [2.75, 3.05) is 12.8 Å². The Bertz CT molecular complexity index is 1440. The largest absolute Gasteiger partial charge is 0.465 e. The summed E-state index contributed by atoms with van der Waals surface area (Å²) < 4.78 is 6.17. The highest BCUT2D eigenvalue weighted by Crippen LogP contribution is 2.41. The molecule has 0 saturated carbocycles. The van der Waals surface area contributed by atoms with Crippen molar-refractivity contribution in [1.29, 1.82) is 5.26 Å². The average molecular weight is 484 g/mol. The molecular formula is C23H15Cl2N3O3S. The lowest BCUT2D eigenvalue weighted by Crippen LogP contribution is -2.42. The predicted octanol–water partition coefficient (Wildman–Crippen LogP) is 3.49. The second kappa shape index (κ2) is 8.75. The maximum atomic E-state index is 13.6. The highest BCUT2D eigenvalue weighted by atomic mass is 35.5. The Hall–Kier alpha value is -3.18. The van der Waals surface area contributed by atoms with Gasteiger partial charge in [-0.1, -0.05) is 71.4 Å². The number of nitrogen functional groups attached to an aromatic ring is 1. The molecule has 2 N–H and O–H groups in total. The number of hydrogen-bond acceptors (Lipinski definition) is 6. The number of aromatic nitrogens is 1. The predicted molar refractivity (Wildman–Crippen MR) is 126 cm³/mol. The van der Waals surface area contributed by atoms with Gasteiger partial charge in [-0.05, 0) is 29.3 Å². The van der Waals surface area contributed by atoms with Crippen molar-refractivity contribution >= 4 is 63.5 Å². The molecule has 0 spiro atoms. The van der Waals surface area contributed by atoms with Crippen molar-refractivity contribution in [3.63, 3.8) is 0 Å². The highest BCUT2D eigenvalue weighted by Gasteiger charge is 2.37. The molecule has 9 heteroatoms. The number of benzene rings is 2. The van der Waals surface area contributed by atoms with E-state index in [0.717, 1.165) is 11.8 Å². The summed E-state index contributed by atoms with van der Waals surface area (Å²) in [4.78, 5) is 26.5. The third-order valence-corrected chi connectivity index (χ3v) is 6.99. The van der Waals surface area contributed by atoms with E-state index in [-0.39, 0.29) is 21.6 Å². The number of anilines is 1. The molecule has 1 aliphatic rings. The van der Waals surface area contributed by atoms with Crippen LogP contribution < -0.4 is 16.3 Å². The number of nitrogens with two attached hydrogens (primary N) is 1. The molecule has 1 aromatic heterocycles. The van der Waals surface area contributed by atoms with Crippen LogP contribution in [0, 0.1) is 11.3 Å². The zero-order valence-electron chi connectivity index (χ0n) is 16.6. The minimum Gasteiger partial charge on any atom is -0.465 e. The topological polar surface area (TPSA) is 98.1 Å². The van der Waals surface area contributed by atoms with E-state index in [2.05, 4.69) is 0 Å². The Balaban J connectivity index is 2.11. The Morgan fingerprint density at radius 3 is 2.47 bits per heavy atom. The summed E-state index contributed by atoms with van der Waals surface area (Å²) in [6.45, 7) is 0. The molecule has 0 bridgehead atoms. The molecule has 4 rings (SSSR count). The minimum absolute atomic E-state index is 0.0672. The highest BCUT2D eigenvalue weighted by molar-refractivity contribution is 8.10. The van der Waals surface area contributed by atoms with E-state index < -0.39 is 17.1 Å². The van der Waals surface area contributed by atoms with E-state index in [0.29, 0.717) is 26.4 Å². The van der Waals surface area contributed by atoms with Crippen molar-refractivity contribution in [2.24, 2.45) is 0 Å². The molecule has 0 fully saturated rings. The molecule has 0 radical (unpaired) electrons. The fourth-order valence-electron chi connectivity index (χ4n) is 3.52. The maximum Gasteiger partial charge on any atom is 0.346 e. The number of methoxy groups -OCH3 is 1. The van der Waals surface area contributed by atoms with Crippen LogP contribution in [0.1, 0.15) is 26.9 Å². The number of rotatable bonds is 3.